The smallest absolute Gasteiger partial charge is 0.310 e. The summed E-state index contributed by atoms with van der Waals surface area (Å²) in [5.74, 6) is -1.14. The Kier molecular flexibility index (Phi) is 6.94. The molecule has 0 aromatic heterocycles. The van der Waals surface area contributed by atoms with Crippen molar-refractivity contribution in [3.05, 3.63) is 42.0 Å². The molecule has 1 N–H and O–H groups in total. The first-order valence-corrected chi connectivity index (χ1v) is 7.14. The van der Waals surface area contributed by atoms with Gasteiger partial charge in [0, 0.05) is 0 Å². The van der Waals surface area contributed by atoms with Crippen molar-refractivity contribution in [2.24, 2.45) is 0 Å². The predicted octanol–water partition coefficient (Wildman–Crippen LogP) is 4.86. The number of unbranched alkanes of at least 4 members (excludes halogenated alkanes) is 4. The number of hydrogen-bond donors (Lipinski definition) is 1. The number of rotatable bonds is 9. The number of carbonyl (C=O) groups is 1. The van der Waals surface area contributed by atoms with Crippen LogP contribution in [0, 0.1) is 0 Å². The fraction of sp³-hybridized carbons (Fsp3) is 0.471. The Morgan fingerprint density at radius 3 is 2.58 bits per heavy atom. The van der Waals surface area contributed by atoms with Gasteiger partial charge in [-0.1, -0.05) is 75.9 Å². The third kappa shape index (κ3) is 4.90. The fourth-order valence-corrected chi connectivity index (χ4v) is 2.38. The van der Waals surface area contributed by atoms with Crippen LogP contribution in [0.2, 0.25) is 0 Å². The van der Waals surface area contributed by atoms with Crippen LogP contribution in [-0.2, 0) is 4.79 Å². The summed E-state index contributed by atoms with van der Waals surface area (Å²) in [4.78, 5) is 11.5. The minimum atomic E-state index is -0.732. The molecule has 0 fully saturated rings. The topological polar surface area (TPSA) is 37.3 Å². The van der Waals surface area contributed by atoms with Gasteiger partial charge >= 0.3 is 5.97 Å². The molecule has 2 nitrogen and oxygen atoms in total. The Morgan fingerprint density at radius 1 is 1.26 bits per heavy atom. The molecule has 1 unspecified atom stereocenters. The van der Waals surface area contributed by atoms with Crippen molar-refractivity contribution >= 4 is 12.0 Å². The Morgan fingerprint density at radius 2 is 1.95 bits per heavy atom. The first-order chi connectivity index (χ1) is 9.20. The molecular weight excluding hydrogens is 236 g/mol. The van der Waals surface area contributed by atoms with Gasteiger partial charge in [-0.15, -0.1) is 0 Å². The van der Waals surface area contributed by atoms with E-state index in [4.69, 9.17) is 0 Å². The SMILES string of the molecule is C=Cc1ccccc1C(CCCCCCC)C(=O)O. The summed E-state index contributed by atoms with van der Waals surface area (Å²) in [6.45, 7) is 5.94. The van der Waals surface area contributed by atoms with Gasteiger partial charge in [0.2, 0.25) is 0 Å². The molecule has 0 radical (unpaired) electrons. The molecule has 2 heteroatoms. The lowest BCUT2D eigenvalue weighted by atomic mass is 9.89. The second-order valence-corrected chi connectivity index (χ2v) is 4.93. The molecule has 0 spiro atoms. The van der Waals surface area contributed by atoms with Gasteiger partial charge in [0.15, 0.2) is 0 Å². The van der Waals surface area contributed by atoms with Crippen LogP contribution >= 0.6 is 0 Å². The number of aliphatic carboxylic acids is 1. The van der Waals surface area contributed by atoms with E-state index < -0.39 is 11.9 Å². The van der Waals surface area contributed by atoms with E-state index in [1.165, 1.54) is 19.3 Å². The molecule has 1 atom stereocenters. The van der Waals surface area contributed by atoms with E-state index in [2.05, 4.69) is 13.5 Å². The van der Waals surface area contributed by atoms with Gasteiger partial charge in [0.1, 0.15) is 0 Å². The van der Waals surface area contributed by atoms with Gasteiger partial charge < -0.3 is 5.11 Å². The largest absolute Gasteiger partial charge is 0.481 e. The van der Waals surface area contributed by atoms with Crippen LogP contribution in [0.5, 0.6) is 0 Å². The van der Waals surface area contributed by atoms with Gasteiger partial charge in [0.25, 0.3) is 0 Å². The summed E-state index contributed by atoms with van der Waals surface area (Å²) in [5, 5.41) is 9.42. The normalized spacial score (nSPS) is 12.1. The van der Waals surface area contributed by atoms with Crippen molar-refractivity contribution in [1.29, 1.82) is 0 Å². The van der Waals surface area contributed by atoms with E-state index in [-0.39, 0.29) is 0 Å². The summed E-state index contributed by atoms with van der Waals surface area (Å²) in [6.07, 6.45) is 8.19. The van der Waals surface area contributed by atoms with Crippen molar-refractivity contribution in [3.8, 4) is 0 Å². The molecule has 1 aromatic carbocycles. The zero-order chi connectivity index (χ0) is 14.1. The Hall–Kier alpha value is -1.57. The predicted molar refractivity (Wildman–Crippen MR) is 80.3 cm³/mol. The minimum Gasteiger partial charge on any atom is -0.481 e. The monoisotopic (exact) mass is 260 g/mol. The van der Waals surface area contributed by atoms with Crippen LogP contribution in [0.15, 0.2) is 30.8 Å². The summed E-state index contributed by atoms with van der Waals surface area (Å²) in [7, 11) is 0. The maximum absolute atomic E-state index is 11.5. The molecule has 1 aromatic rings. The van der Waals surface area contributed by atoms with E-state index in [0.29, 0.717) is 6.42 Å². The maximum atomic E-state index is 11.5. The maximum Gasteiger partial charge on any atom is 0.310 e. The second-order valence-electron chi connectivity index (χ2n) is 4.93. The molecule has 19 heavy (non-hydrogen) atoms. The number of benzene rings is 1. The average Bonchev–Trinajstić information content (AvgIpc) is 2.42. The Labute approximate surface area is 116 Å². The van der Waals surface area contributed by atoms with E-state index in [1.807, 2.05) is 24.3 Å². The van der Waals surface area contributed by atoms with Crippen LogP contribution in [0.3, 0.4) is 0 Å². The lowest BCUT2D eigenvalue weighted by Gasteiger charge is -2.15. The lowest BCUT2D eigenvalue weighted by molar-refractivity contribution is -0.139. The summed E-state index contributed by atoms with van der Waals surface area (Å²) in [5.41, 5.74) is 1.82. The first-order valence-electron chi connectivity index (χ1n) is 7.14. The van der Waals surface area contributed by atoms with E-state index >= 15 is 0 Å². The summed E-state index contributed by atoms with van der Waals surface area (Å²) < 4.78 is 0. The summed E-state index contributed by atoms with van der Waals surface area (Å²) in [6, 6.07) is 7.65. The van der Waals surface area contributed by atoms with Crippen molar-refractivity contribution < 1.29 is 9.90 Å². The third-order valence-electron chi connectivity index (χ3n) is 3.49. The zero-order valence-electron chi connectivity index (χ0n) is 11.8. The molecule has 104 valence electrons. The molecule has 0 aliphatic heterocycles. The second kappa shape index (κ2) is 8.52. The summed E-state index contributed by atoms with van der Waals surface area (Å²) >= 11 is 0. The van der Waals surface area contributed by atoms with Gasteiger partial charge in [-0.2, -0.15) is 0 Å². The van der Waals surface area contributed by atoms with Crippen LogP contribution in [0.4, 0.5) is 0 Å². The van der Waals surface area contributed by atoms with Crippen LogP contribution < -0.4 is 0 Å². The standard InChI is InChI=1S/C17H24O2/c1-3-5-6-7-8-13-16(17(18)19)15-12-10-9-11-14(15)4-2/h4,9-12,16H,2-3,5-8,13H2,1H3,(H,18,19). The van der Waals surface area contributed by atoms with E-state index in [0.717, 1.165) is 24.0 Å². The number of hydrogen-bond acceptors (Lipinski definition) is 1. The van der Waals surface area contributed by atoms with Crippen molar-refractivity contribution in [2.45, 2.75) is 51.4 Å². The first kappa shape index (κ1) is 15.5. The highest BCUT2D eigenvalue weighted by Gasteiger charge is 2.20. The van der Waals surface area contributed by atoms with E-state index in [1.54, 1.807) is 6.08 Å². The van der Waals surface area contributed by atoms with Crippen molar-refractivity contribution in [1.82, 2.24) is 0 Å². The zero-order valence-corrected chi connectivity index (χ0v) is 11.8. The van der Waals surface area contributed by atoms with Crippen LogP contribution in [0.25, 0.3) is 6.08 Å². The van der Waals surface area contributed by atoms with Gasteiger partial charge in [0.05, 0.1) is 5.92 Å². The van der Waals surface area contributed by atoms with Crippen molar-refractivity contribution in [3.63, 3.8) is 0 Å². The van der Waals surface area contributed by atoms with Gasteiger partial charge in [-0.3, -0.25) is 4.79 Å². The molecular formula is C17H24O2. The molecule has 0 saturated carbocycles. The highest BCUT2D eigenvalue weighted by Crippen LogP contribution is 2.26. The molecule has 0 bridgehead atoms. The van der Waals surface area contributed by atoms with Gasteiger partial charge in [-0.05, 0) is 17.5 Å². The molecule has 0 aliphatic rings. The Bertz CT molecular complexity index is 409. The average molecular weight is 260 g/mol. The fourth-order valence-electron chi connectivity index (χ4n) is 2.38. The molecule has 1 rings (SSSR count). The lowest BCUT2D eigenvalue weighted by Crippen LogP contribution is -2.12. The number of carboxylic acid groups (broad SMARTS) is 1. The highest BCUT2D eigenvalue weighted by atomic mass is 16.4. The molecule has 0 amide bonds. The highest BCUT2D eigenvalue weighted by molar-refractivity contribution is 5.78. The van der Waals surface area contributed by atoms with Gasteiger partial charge in [-0.25, -0.2) is 0 Å². The van der Waals surface area contributed by atoms with E-state index in [9.17, 15) is 9.90 Å². The number of carboxylic acids is 1. The third-order valence-corrected chi connectivity index (χ3v) is 3.49. The Balaban J connectivity index is 2.67. The molecule has 0 aliphatic carbocycles. The van der Waals surface area contributed by atoms with Crippen LogP contribution in [0.1, 0.15) is 62.5 Å². The quantitative estimate of drug-likeness (QED) is 0.644. The van der Waals surface area contributed by atoms with Crippen molar-refractivity contribution in [2.75, 3.05) is 0 Å². The van der Waals surface area contributed by atoms with Crippen LogP contribution in [-0.4, -0.2) is 11.1 Å². The minimum absolute atomic E-state index is 0.407. The molecule has 0 saturated heterocycles. The molecule has 0 heterocycles.